The molecule has 152 valence electrons. The fourth-order valence-electron chi connectivity index (χ4n) is 3.74. The van der Waals surface area contributed by atoms with Crippen LogP contribution >= 0.6 is 0 Å². The van der Waals surface area contributed by atoms with Gasteiger partial charge in [-0.05, 0) is 49.5 Å². The van der Waals surface area contributed by atoms with Crippen LogP contribution in [0.2, 0.25) is 0 Å². The normalized spacial score (nSPS) is 20.0. The number of rotatable bonds is 5. The highest BCUT2D eigenvalue weighted by molar-refractivity contribution is 5.83. The second-order valence-electron chi connectivity index (χ2n) is 7.56. The molecule has 2 aliphatic rings. The molecule has 2 heterocycles. The van der Waals surface area contributed by atoms with E-state index in [0.717, 1.165) is 42.5 Å². The van der Waals surface area contributed by atoms with Gasteiger partial charge in [-0.2, -0.15) is 10.1 Å². The fourth-order valence-corrected chi connectivity index (χ4v) is 3.74. The average molecular weight is 395 g/mol. The number of benzene rings is 1. The summed E-state index contributed by atoms with van der Waals surface area (Å²) in [6, 6.07) is 7.02. The molecular formula is C21H25N5O3. The van der Waals surface area contributed by atoms with Crippen molar-refractivity contribution in [1.82, 2.24) is 9.78 Å². The van der Waals surface area contributed by atoms with Gasteiger partial charge in [0.05, 0.1) is 6.20 Å². The summed E-state index contributed by atoms with van der Waals surface area (Å²) in [5, 5.41) is 18.9. The first-order valence-corrected chi connectivity index (χ1v) is 10.0. The number of hydrogen-bond acceptors (Lipinski definition) is 6. The first kappa shape index (κ1) is 19.2. The Morgan fingerprint density at radius 2 is 1.93 bits per heavy atom. The van der Waals surface area contributed by atoms with Crippen LogP contribution in [0.25, 0.3) is 11.1 Å². The van der Waals surface area contributed by atoms with Crippen LogP contribution in [0.15, 0.2) is 53.5 Å². The van der Waals surface area contributed by atoms with Crippen LogP contribution in [0.4, 0.5) is 5.69 Å². The van der Waals surface area contributed by atoms with Crippen molar-refractivity contribution in [3.63, 3.8) is 0 Å². The lowest BCUT2D eigenvalue weighted by Crippen LogP contribution is -2.36. The van der Waals surface area contributed by atoms with Crippen LogP contribution < -0.4 is 5.32 Å². The summed E-state index contributed by atoms with van der Waals surface area (Å²) in [7, 11) is 1.89. The van der Waals surface area contributed by atoms with E-state index in [9.17, 15) is 10.1 Å². The Hall–Kier alpha value is -3.16. The molecule has 1 atom stereocenters. The van der Waals surface area contributed by atoms with Crippen molar-refractivity contribution in [2.45, 2.75) is 50.7 Å². The van der Waals surface area contributed by atoms with Crippen LogP contribution in [0.3, 0.4) is 0 Å². The standard InChI is InChI=1S/C21H25N5O3/c1-25-14-16(13-22-25)15-7-9-17(10-8-15)23-20-12-11-19(26(27)28)21(24-20)29-18-5-3-2-4-6-18/h7-10,12-14,18-19,23H,2-6,11H2,1H3. The number of hydrogen-bond donors (Lipinski definition) is 1. The molecule has 0 saturated heterocycles. The van der Waals surface area contributed by atoms with E-state index >= 15 is 0 Å². The Bertz CT molecular complexity index is 926. The van der Waals surface area contributed by atoms with Crippen molar-refractivity contribution in [2.75, 3.05) is 5.32 Å². The quantitative estimate of drug-likeness (QED) is 0.606. The number of aliphatic imine (C=N–C) groups is 1. The van der Waals surface area contributed by atoms with Gasteiger partial charge in [0.2, 0.25) is 0 Å². The molecule has 0 radical (unpaired) electrons. The highest BCUT2D eigenvalue weighted by Gasteiger charge is 2.33. The van der Waals surface area contributed by atoms with Gasteiger partial charge < -0.3 is 10.1 Å². The van der Waals surface area contributed by atoms with Gasteiger partial charge in [0.15, 0.2) is 0 Å². The molecule has 8 heteroatoms. The van der Waals surface area contributed by atoms with Crippen molar-refractivity contribution in [3.05, 3.63) is 58.7 Å². The van der Waals surface area contributed by atoms with Gasteiger partial charge in [0.25, 0.3) is 11.9 Å². The zero-order chi connectivity index (χ0) is 20.2. The molecule has 4 rings (SSSR count). The molecule has 1 saturated carbocycles. The van der Waals surface area contributed by atoms with Crippen molar-refractivity contribution in [3.8, 4) is 11.1 Å². The summed E-state index contributed by atoms with van der Waals surface area (Å²) in [6.45, 7) is 0. The molecule has 1 aromatic carbocycles. The van der Waals surface area contributed by atoms with E-state index in [1.165, 1.54) is 6.42 Å². The Morgan fingerprint density at radius 3 is 2.59 bits per heavy atom. The number of aryl methyl sites for hydroxylation is 1. The molecule has 1 N–H and O–H groups in total. The van der Waals surface area contributed by atoms with Crippen molar-refractivity contribution in [1.29, 1.82) is 0 Å². The van der Waals surface area contributed by atoms with Crippen molar-refractivity contribution >= 4 is 11.6 Å². The first-order valence-electron chi connectivity index (χ1n) is 10.0. The summed E-state index contributed by atoms with van der Waals surface area (Å²) in [5.74, 6) is 0.807. The van der Waals surface area contributed by atoms with E-state index in [2.05, 4.69) is 15.4 Å². The summed E-state index contributed by atoms with van der Waals surface area (Å²) >= 11 is 0. The molecule has 1 fully saturated rings. The predicted octanol–water partition coefficient (Wildman–Crippen LogP) is 4.14. The molecule has 0 amide bonds. The fraction of sp³-hybridized carbons (Fsp3) is 0.429. The highest BCUT2D eigenvalue weighted by Crippen LogP contribution is 2.25. The maximum absolute atomic E-state index is 11.4. The molecule has 2 aromatic rings. The minimum Gasteiger partial charge on any atom is -0.472 e. The zero-order valence-corrected chi connectivity index (χ0v) is 16.5. The molecule has 0 bridgehead atoms. The molecule has 1 aliphatic carbocycles. The highest BCUT2D eigenvalue weighted by atomic mass is 16.6. The Labute approximate surface area is 169 Å². The van der Waals surface area contributed by atoms with Gasteiger partial charge in [-0.15, -0.1) is 0 Å². The minimum atomic E-state index is -0.907. The molecule has 29 heavy (non-hydrogen) atoms. The molecule has 1 unspecified atom stereocenters. The first-order chi connectivity index (χ1) is 14.1. The van der Waals surface area contributed by atoms with Crippen LogP contribution in [-0.2, 0) is 11.8 Å². The van der Waals surface area contributed by atoms with E-state index in [1.807, 2.05) is 43.7 Å². The Kier molecular flexibility index (Phi) is 5.59. The van der Waals surface area contributed by atoms with Gasteiger partial charge >= 0.3 is 0 Å². The lowest BCUT2D eigenvalue weighted by Gasteiger charge is -2.26. The van der Waals surface area contributed by atoms with Gasteiger partial charge in [-0.25, -0.2) is 0 Å². The number of anilines is 1. The van der Waals surface area contributed by atoms with Crippen molar-refractivity contribution < 1.29 is 9.66 Å². The van der Waals surface area contributed by atoms with E-state index in [0.29, 0.717) is 5.82 Å². The molecular weight excluding hydrogens is 370 g/mol. The summed E-state index contributed by atoms with van der Waals surface area (Å²) < 4.78 is 7.74. The van der Waals surface area contributed by atoms with Crippen LogP contribution in [0.1, 0.15) is 38.5 Å². The lowest BCUT2D eigenvalue weighted by molar-refractivity contribution is -0.504. The van der Waals surface area contributed by atoms with Crippen LogP contribution in [0.5, 0.6) is 0 Å². The zero-order valence-electron chi connectivity index (χ0n) is 16.5. The number of nitrogens with zero attached hydrogens (tertiary/aromatic N) is 4. The molecule has 0 spiro atoms. The number of aromatic nitrogens is 2. The third-order valence-corrected chi connectivity index (χ3v) is 5.34. The van der Waals surface area contributed by atoms with Gasteiger partial charge in [-0.1, -0.05) is 18.6 Å². The van der Waals surface area contributed by atoms with Crippen molar-refractivity contribution in [2.24, 2.45) is 12.0 Å². The van der Waals surface area contributed by atoms with E-state index in [-0.39, 0.29) is 23.3 Å². The maximum Gasteiger partial charge on any atom is 0.290 e. The predicted molar refractivity (Wildman–Crippen MR) is 111 cm³/mol. The third-order valence-electron chi connectivity index (χ3n) is 5.34. The Balaban J connectivity index is 1.46. The van der Waals surface area contributed by atoms with Crippen LogP contribution in [0, 0.1) is 10.1 Å². The monoisotopic (exact) mass is 395 g/mol. The largest absolute Gasteiger partial charge is 0.472 e. The minimum absolute atomic E-state index is 0.0306. The van der Waals surface area contributed by atoms with Gasteiger partial charge in [0, 0.05) is 35.8 Å². The summed E-state index contributed by atoms with van der Waals surface area (Å²) in [5.41, 5.74) is 2.98. The van der Waals surface area contributed by atoms with Crippen LogP contribution in [-0.4, -0.2) is 32.7 Å². The van der Waals surface area contributed by atoms with Gasteiger partial charge in [-0.3, -0.25) is 14.8 Å². The van der Waals surface area contributed by atoms with E-state index < -0.39 is 6.04 Å². The number of ether oxygens (including phenoxy) is 1. The third kappa shape index (κ3) is 4.64. The Morgan fingerprint density at radius 1 is 1.17 bits per heavy atom. The molecule has 1 aromatic heterocycles. The van der Waals surface area contributed by atoms with E-state index in [4.69, 9.17) is 4.74 Å². The SMILES string of the molecule is Cn1cc(-c2ccc(NC3=CCC([N+](=O)[O-])C(OC4CCCCC4)=N3)cc2)cn1. The van der Waals surface area contributed by atoms with Gasteiger partial charge in [0.1, 0.15) is 11.9 Å². The summed E-state index contributed by atoms with van der Waals surface area (Å²) in [4.78, 5) is 15.6. The number of nitro groups is 1. The maximum atomic E-state index is 11.4. The number of nitrogens with one attached hydrogen (secondary N) is 1. The second-order valence-corrected chi connectivity index (χ2v) is 7.56. The topological polar surface area (TPSA) is 94.6 Å². The lowest BCUT2D eigenvalue weighted by atomic mass is 9.97. The summed E-state index contributed by atoms with van der Waals surface area (Å²) in [6.07, 6.45) is 11.1. The molecule has 1 aliphatic heterocycles. The average Bonchev–Trinajstić information content (AvgIpc) is 3.16. The second kappa shape index (κ2) is 8.46. The molecule has 8 nitrogen and oxygen atoms in total. The smallest absolute Gasteiger partial charge is 0.290 e. The van der Waals surface area contributed by atoms with E-state index in [1.54, 1.807) is 10.8 Å².